The van der Waals surface area contributed by atoms with Gasteiger partial charge in [0.1, 0.15) is 5.82 Å². The number of ether oxygens (including phenoxy) is 1. The number of carbonyl (C=O) groups excluding carboxylic acids is 1. The third-order valence-corrected chi connectivity index (χ3v) is 3.66. The maximum Gasteiger partial charge on any atom is 0.235 e. The SMILES string of the molecule is COCc1c(F)cc(C2(N=C=O)CC2)cc1Br. The topological polar surface area (TPSA) is 38.7 Å². The van der Waals surface area contributed by atoms with Crippen molar-refractivity contribution in [1.29, 1.82) is 0 Å². The highest BCUT2D eigenvalue weighted by atomic mass is 79.9. The summed E-state index contributed by atoms with van der Waals surface area (Å²) in [5.41, 5.74) is 0.642. The van der Waals surface area contributed by atoms with Gasteiger partial charge in [-0.25, -0.2) is 9.18 Å². The van der Waals surface area contributed by atoms with Crippen molar-refractivity contribution in [2.45, 2.75) is 25.0 Å². The van der Waals surface area contributed by atoms with Crippen LogP contribution in [0.3, 0.4) is 0 Å². The van der Waals surface area contributed by atoms with Gasteiger partial charge in [0, 0.05) is 17.1 Å². The molecule has 0 aliphatic heterocycles. The standard InChI is InChI=1S/C12H11BrFNO2/c1-17-6-9-10(13)4-8(5-11(9)14)12(2-3-12)15-7-16/h4-5H,2-3,6H2,1H3. The van der Waals surface area contributed by atoms with E-state index in [0.717, 1.165) is 12.8 Å². The molecule has 0 heterocycles. The molecule has 0 N–H and O–H groups in total. The molecular formula is C12H11BrFNO2. The lowest BCUT2D eigenvalue weighted by Gasteiger charge is -2.12. The Kier molecular flexibility index (Phi) is 3.43. The van der Waals surface area contributed by atoms with Gasteiger partial charge in [-0.05, 0) is 30.5 Å². The molecule has 0 saturated heterocycles. The first kappa shape index (κ1) is 12.4. The Bertz CT molecular complexity index is 470. The zero-order valence-corrected chi connectivity index (χ0v) is 10.9. The molecule has 0 unspecified atom stereocenters. The van der Waals surface area contributed by atoms with E-state index >= 15 is 0 Å². The fraction of sp³-hybridized carbons (Fsp3) is 0.417. The fourth-order valence-corrected chi connectivity index (χ4v) is 2.38. The lowest BCUT2D eigenvalue weighted by atomic mass is 10.0. The number of rotatable bonds is 4. The Labute approximate surface area is 107 Å². The molecule has 0 aromatic heterocycles. The quantitative estimate of drug-likeness (QED) is 0.633. The minimum atomic E-state index is -0.545. The van der Waals surface area contributed by atoms with E-state index in [9.17, 15) is 9.18 Å². The number of halogens is 2. The molecule has 90 valence electrons. The molecule has 2 rings (SSSR count). The second-order valence-electron chi connectivity index (χ2n) is 4.09. The first-order valence-corrected chi connectivity index (χ1v) is 5.98. The highest BCUT2D eigenvalue weighted by molar-refractivity contribution is 9.10. The van der Waals surface area contributed by atoms with Crippen molar-refractivity contribution >= 4 is 22.0 Å². The average Bonchev–Trinajstić information content (AvgIpc) is 3.05. The van der Waals surface area contributed by atoms with E-state index in [1.54, 1.807) is 12.1 Å². The van der Waals surface area contributed by atoms with Crippen LogP contribution in [0.25, 0.3) is 0 Å². The molecule has 0 atom stereocenters. The van der Waals surface area contributed by atoms with Crippen molar-refractivity contribution in [3.05, 3.63) is 33.5 Å². The maximum absolute atomic E-state index is 13.8. The maximum atomic E-state index is 13.8. The van der Waals surface area contributed by atoms with Crippen LogP contribution in [-0.4, -0.2) is 13.2 Å². The molecule has 0 radical (unpaired) electrons. The smallest absolute Gasteiger partial charge is 0.235 e. The predicted molar refractivity (Wildman–Crippen MR) is 63.8 cm³/mol. The molecule has 1 fully saturated rings. The van der Waals surface area contributed by atoms with Gasteiger partial charge >= 0.3 is 0 Å². The number of isocyanates is 1. The first-order valence-electron chi connectivity index (χ1n) is 5.19. The van der Waals surface area contributed by atoms with Crippen LogP contribution in [0.2, 0.25) is 0 Å². The average molecular weight is 300 g/mol. The van der Waals surface area contributed by atoms with Gasteiger partial charge in [0.05, 0.1) is 12.1 Å². The Morgan fingerprint density at radius 2 is 2.29 bits per heavy atom. The van der Waals surface area contributed by atoms with Gasteiger partial charge in [-0.1, -0.05) is 15.9 Å². The minimum Gasteiger partial charge on any atom is -0.380 e. The van der Waals surface area contributed by atoms with Crippen molar-refractivity contribution in [2.75, 3.05) is 7.11 Å². The van der Waals surface area contributed by atoms with Gasteiger partial charge < -0.3 is 4.74 Å². The van der Waals surface area contributed by atoms with E-state index in [1.807, 2.05) is 0 Å². The Hall–Kier alpha value is -1.03. The fourth-order valence-electron chi connectivity index (χ4n) is 1.82. The summed E-state index contributed by atoms with van der Waals surface area (Å²) in [4.78, 5) is 14.1. The van der Waals surface area contributed by atoms with Crippen LogP contribution in [-0.2, 0) is 21.7 Å². The molecule has 17 heavy (non-hydrogen) atoms. The van der Waals surface area contributed by atoms with Crippen LogP contribution in [0.4, 0.5) is 4.39 Å². The number of hydrogen-bond donors (Lipinski definition) is 0. The molecule has 1 aromatic carbocycles. The highest BCUT2D eigenvalue weighted by Gasteiger charge is 2.45. The second kappa shape index (κ2) is 4.69. The van der Waals surface area contributed by atoms with Crippen molar-refractivity contribution in [2.24, 2.45) is 4.99 Å². The molecule has 5 heteroatoms. The van der Waals surface area contributed by atoms with E-state index in [-0.39, 0.29) is 12.4 Å². The first-order chi connectivity index (χ1) is 8.13. The Morgan fingerprint density at radius 1 is 1.59 bits per heavy atom. The lowest BCUT2D eigenvalue weighted by molar-refractivity contribution is 0.181. The summed E-state index contributed by atoms with van der Waals surface area (Å²) >= 11 is 3.31. The van der Waals surface area contributed by atoms with Crippen LogP contribution in [0.15, 0.2) is 21.6 Å². The van der Waals surface area contributed by atoms with E-state index in [0.29, 0.717) is 15.6 Å². The van der Waals surface area contributed by atoms with Gasteiger partial charge in [-0.15, -0.1) is 0 Å². The molecule has 0 spiro atoms. The molecule has 1 saturated carbocycles. The summed E-state index contributed by atoms with van der Waals surface area (Å²) < 4.78 is 19.4. The number of benzene rings is 1. The molecular weight excluding hydrogens is 289 g/mol. The summed E-state index contributed by atoms with van der Waals surface area (Å²) in [6, 6.07) is 3.22. The van der Waals surface area contributed by atoms with Crippen molar-refractivity contribution in [3.63, 3.8) is 0 Å². The van der Waals surface area contributed by atoms with E-state index in [4.69, 9.17) is 4.74 Å². The van der Waals surface area contributed by atoms with E-state index in [2.05, 4.69) is 20.9 Å². The number of aliphatic imine (C=N–C) groups is 1. The summed E-state index contributed by atoms with van der Waals surface area (Å²) in [5.74, 6) is -0.344. The number of methoxy groups -OCH3 is 1. The zero-order chi connectivity index (χ0) is 12.5. The molecule has 0 amide bonds. The second-order valence-corrected chi connectivity index (χ2v) is 4.94. The summed E-state index contributed by atoms with van der Waals surface area (Å²) in [6.07, 6.45) is 3.08. The molecule has 1 aliphatic carbocycles. The lowest BCUT2D eigenvalue weighted by Crippen LogP contribution is -2.05. The monoisotopic (exact) mass is 299 g/mol. The van der Waals surface area contributed by atoms with Crippen LogP contribution in [0.1, 0.15) is 24.0 Å². The van der Waals surface area contributed by atoms with Crippen molar-refractivity contribution in [3.8, 4) is 0 Å². The summed E-state index contributed by atoms with van der Waals surface area (Å²) in [6.45, 7) is 0.205. The third-order valence-electron chi connectivity index (χ3n) is 2.95. The zero-order valence-electron chi connectivity index (χ0n) is 9.30. The van der Waals surface area contributed by atoms with Gasteiger partial charge in [-0.3, -0.25) is 0 Å². The summed E-state index contributed by atoms with van der Waals surface area (Å²) in [5, 5.41) is 0. The van der Waals surface area contributed by atoms with Crippen LogP contribution < -0.4 is 0 Å². The number of hydrogen-bond acceptors (Lipinski definition) is 3. The largest absolute Gasteiger partial charge is 0.380 e. The third kappa shape index (κ3) is 2.32. The van der Waals surface area contributed by atoms with Crippen molar-refractivity contribution < 1.29 is 13.9 Å². The molecule has 0 bridgehead atoms. The van der Waals surface area contributed by atoms with Gasteiger partial charge in [0.2, 0.25) is 6.08 Å². The molecule has 3 nitrogen and oxygen atoms in total. The Balaban J connectivity index is 2.42. The number of nitrogens with zero attached hydrogens (tertiary/aromatic N) is 1. The predicted octanol–water partition coefficient (Wildman–Crippen LogP) is 3.06. The van der Waals surface area contributed by atoms with Crippen LogP contribution in [0.5, 0.6) is 0 Å². The van der Waals surface area contributed by atoms with Gasteiger partial charge in [0.25, 0.3) is 0 Å². The van der Waals surface area contributed by atoms with E-state index < -0.39 is 5.54 Å². The van der Waals surface area contributed by atoms with Crippen molar-refractivity contribution in [1.82, 2.24) is 0 Å². The normalized spacial score (nSPS) is 16.4. The molecule has 1 aromatic rings. The van der Waals surface area contributed by atoms with E-state index in [1.165, 1.54) is 13.2 Å². The highest BCUT2D eigenvalue weighted by Crippen LogP contribution is 2.50. The minimum absolute atomic E-state index is 0.205. The Morgan fingerprint density at radius 3 is 2.76 bits per heavy atom. The summed E-state index contributed by atoms with van der Waals surface area (Å²) in [7, 11) is 1.51. The van der Waals surface area contributed by atoms with Gasteiger partial charge in [-0.2, -0.15) is 4.99 Å². The molecule has 1 aliphatic rings. The van der Waals surface area contributed by atoms with Gasteiger partial charge in [0.15, 0.2) is 0 Å². The van der Waals surface area contributed by atoms with Crippen LogP contribution in [0, 0.1) is 5.82 Å². The van der Waals surface area contributed by atoms with Crippen LogP contribution >= 0.6 is 15.9 Å².